The van der Waals surface area contributed by atoms with E-state index in [9.17, 15) is 4.79 Å². The monoisotopic (exact) mass is 522 g/mol. The maximum Gasteiger partial charge on any atom is 0.358 e. The van der Waals surface area contributed by atoms with Gasteiger partial charge in [0.25, 0.3) is 0 Å². The topological polar surface area (TPSA) is 76.1 Å². The molecule has 0 bridgehead atoms. The van der Waals surface area contributed by atoms with Crippen LogP contribution >= 0.6 is 11.3 Å². The maximum atomic E-state index is 12.6. The van der Waals surface area contributed by atoms with Crippen LogP contribution in [0, 0.1) is 6.92 Å². The highest BCUT2D eigenvalue weighted by Crippen LogP contribution is 2.26. The van der Waals surface area contributed by atoms with Gasteiger partial charge in [0.2, 0.25) is 0 Å². The minimum Gasteiger partial charge on any atom is -0.456 e. The van der Waals surface area contributed by atoms with Crippen molar-refractivity contribution in [1.29, 1.82) is 0 Å². The Bertz CT molecular complexity index is 1590. The quantitative estimate of drug-likeness (QED) is 0.473. The number of ether oxygens (including phenoxy) is 1. The summed E-state index contributed by atoms with van der Waals surface area (Å²) in [6.07, 6.45) is 12.8. The van der Waals surface area contributed by atoms with E-state index >= 15 is 0 Å². The van der Waals surface area contributed by atoms with E-state index in [4.69, 9.17) is 9.72 Å². The normalized spacial score (nSPS) is 18.0. The number of benzene rings is 1. The van der Waals surface area contributed by atoms with Gasteiger partial charge in [0.1, 0.15) is 11.1 Å². The second-order valence-corrected chi connectivity index (χ2v) is 10.0. The zero-order chi connectivity index (χ0) is 26.5. The maximum absolute atomic E-state index is 12.6. The van der Waals surface area contributed by atoms with Gasteiger partial charge in [-0.1, -0.05) is 43.0 Å². The lowest BCUT2D eigenvalue weighted by molar-refractivity contribution is 0.0338. The highest BCUT2D eigenvalue weighted by molar-refractivity contribution is 7.11. The second-order valence-electron chi connectivity index (χ2n) is 9.18. The summed E-state index contributed by atoms with van der Waals surface area (Å²) in [7, 11) is 0. The number of nitrogens with zero attached hydrogens (tertiary/aromatic N) is 2. The van der Waals surface area contributed by atoms with Gasteiger partial charge in [0, 0.05) is 35.0 Å². The molecule has 2 aliphatic heterocycles. The summed E-state index contributed by atoms with van der Waals surface area (Å²) in [5.41, 5.74) is 6.11. The Morgan fingerprint density at radius 2 is 2.11 bits per heavy atom. The van der Waals surface area contributed by atoms with Crippen LogP contribution in [-0.2, 0) is 4.74 Å². The van der Waals surface area contributed by atoms with Gasteiger partial charge in [-0.25, -0.2) is 9.78 Å². The van der Waals surface area contributed by atoms with Gasteiger partial charge in [-0.15, -0.1) is 11.3 Å². The van der Waals surface area contributed by atoms with E-state index in [1.54, 1.807) is 5.38 Å². The van der Waals surface area contributed by atoms with Crippen LogP contribution in [0.3, 0.4) is 0 Å². The number of nitrogens with one attached hydrogen (secondary N) is 2. The van der Waals surface area contributed by atoms with Crippen LogP contribution in [0.2, 0.25) is 0 Å². The summed E-state index contributed by atoms with van der Waals surface area (Å²) >= 11 is 1.43. The number of allylic oxidation sites excluding steroid dienone is 6. The molecule has 2 N–H and O–H groups in total. The molecule has 1 aromatic carbocycles. The number of carbonyl (C=O) groups is 1. The third-order valence-electron chi connectivity index (χ3n) is 6.44. The van der Waals surface area contributed by atoms with E-state index in [1.165, 1.54) is 11.3 Å². The fraction of sp³-hybridized carbons (Fsp3) is 0.194. The highest BCUT2D eigenvalue weighted by atomic mass is 32.1. The molecule has 5 rings (SSSR count). The third kappa shape index (κ3) is 5.74. The highest BCUT2D eigenvalue weighted by Gasteiger charge is 2.21. The molecule has 0 saturated carbocycles. The molecule has 1 fully saturated rings. The molecule has 0 unspecified atom stereocenters. The SMILES string of the molecule is C=c1ccc(C2=C(c3cccc(C)n3)NC=CC=C2)c/c1=C/C(=C\C)c1nc(C(=O)O[C@H]2CCNC2)cs1. The Kier molecular flexibility index (Phi) is 7.77. The first-order valence-electron chi connectivity index (χ1n) is 12.6. The molecule has 0 spiro atoms. The molecule has 6 nitrogen and oxygen atoms in total. The lowest BCUT2D eigenvalue weighted by Gasteiger charge is -2.13. The van der Waals surface area contributed by atoms with Crippen LogP contribution in [0.15, 0.2) is 72.3 Å². The van der Waals surface area contributed by atoms with Gasteiger partial charge in [-0.05, 0) is 73.2 Å². The van der Waals surface area contributed by atoms with Gasteiger partial charge in [-0.3, -0.25) is 4.98 Å². The molecule has 4 heterocycles. The molecule has 2 aromatic heterocycles. The Morgan fingerprint density at radius 3 is 2.89 bits per heavy atom. The Balaban J connectivity index is 1.49. The van der Waals surface area contributed by atoms with E-state index in [0.29, 0.717) is 12.2 Å². The molecule has 0 aliphatic carbocycles. The summed E-state index contributed by atoms with van der Waals surface area (Å²) in [4.78, 5) is 21.9. The lowest BCUT2D eigenvalue weighted by Crippen LogP contribution is -2.23. The summed E-state index contributed by atoms with van der Waals surface area (Å²) in [6, 6.07) is 12.2. The number of thiazole rings is 1. The predicted octanol–water partition coefficient (Wildman–Crippen LogP) is 4.20. The van der Waals surface area contributed by atoms with Crippen molar-refractivity contribution in [2.75, 3.05) is 13.1 Å². The van der Waals surface area contributed by atoms with Gasteiger partial charge >= 0.3 is 5.97 Å². The summed E-state index contributed by atoms with van der Waals surface area (Å²) in [6.45, 7) is 9.78. The number of rotatable bonds is 6. The van der Waals surface area contributed by atoms with Crippen molar-refractivity contribution in [3.8, 4) is 0 Å². The van der Waals surface area contributed by atoms with Crippen molar-refractivity contribution < 1.29 is 9.53 Å². The van der Waals surface area contributed by atoms with Gasteiger partial charge < -0.3 is 15.4 Å². The summed E-state index contributed by atoms with van der Waals surface area (Å²) in [5.74, 6) is -0.373. The minimum atomic E-state index is -0.373. The first-order valence-corrected chi connectivity index (χ1v) is 13.5. The van der Waals surface area contributed by atoms with E-state index in [1.807, 2.05) is 62.5 Å². The first-order chi connectivity index (χ1) is 18.5. The predicted molar refractivity (Wildman–Crippen MR) is 155 cm³/mol. The zero-order valence-corrected chi connectivity index (χ0v) is 22.3. The summed E-state index contributed by atoms with van der Waals surface area (Å²) in [5, 5.41) is 11.0. The van der Waals surface area contributed by atoms with Crippen LogP contribution in [0.4, 0.5) is 0 Å². The fourth-order valence-electron chi connectivity index (χ4n) is 4.41. The largest absolute Gasteiger partial charge is 0.456 e. The van der Waals surface area contributed by atoms with E-state index < -0.39 is 0 Å². The van der Waals surface area contributed by atoms with Crippen LogP contribution in [0.5, 0.6) is 0 Å². The number of pyridine rings is 1. The van der Waals surface area contributed by atoms with Crippen LogP contribution in [-0.4, -0.2) is 35.1 Å². The van der Waals surface area contributed by atoms with Crippen molar-refractivity contribution in [2.45, 2.75) is 26.4 Å². The Morgan fingerprint density at radius 1 is 1.21 bits per heavy atom. The van der Waals surface area contributed by atoms with E-state index in [-0.39, 0.29) is 12.1 Å². The molecule has 3 aromatic rings. The number of hydrogen-bond donors (Lipinski definition) is 2. The Hall–Kier alpha value is -4.07. The van der Waals surface area contributed by atoms with E-state index in [2.05, 4.69) is 46.5 Å². The standard InChI is InChI=1S/C31H30N4O2S/c1-4-22(30-35-28(19-38-30)31(36)37-25-13-15-32-18-25)16-24-17-23(12-11-20(24)2)26-9-5-6-14-33-29(26)27-10-7-8-21(3)34-27/h4-12,14,16-17,19,25,32-33H,2,13,15,18H2,1,3H3/b22-4+,24-16-/t25-/m0/s1. The molecule has 0 radical (unpaired) electrons. The Labute approximate surface area is 226 Å². The fourth-order valence-corrected chi connectivity index (χ4v) is 5.24. The van der Waals surface area contributed by atoms with Crippen LogP contribution < -0.4 is 21.1 Å². The molecular formula is C31H30N4O2S. The molecule has 1 saturated heterocycles. The summed E-state index contributed by atoms with van der Waals surface area (Å²) < 4.78 is 5.58. The van der Waals surface area contributed by atoms with Crippen molar-refractivity contribution in [3.63, 3.8) is 0 Å². The second kappa shape index (κ2) is 11.5. The average Bonchev–Trinajstić information content (AvgIpc) is 3.56. The lowest BCUT2D eigenvalue weighted by atomic mass is 9.99. The van der Waals surface area contributed by atoms with Crippen molar-refractivity contribution in [2.24, 2.45) is 0 Å². The van der Waals surface area contributed by atoms with Crippen molar-refractivity contribution >= 4 is 46.8 Å². The average molecular weight is 523 g/mol. The van der Waals surface area contributed by atoms with Crippen molar-refractivity contribution in [1.82, 2.24) is 20.6 Å². The number of carbonyl (C=O) groups excluding carboxylic acids is 1. The van der Waals surface area contributed by atoms with Gasteiger partial charge in [0.05, 0.1) is 11.4 Å². The van der Waals surface area contributed by atoms with Crippen LogP contribution in [0.25, 0.3) is 29.5 Å². The van der Waals surface area contributed by atoms with Gasteiger partial charge in [0.15, 0.2) is 5.69 Å². The number of aromatic nitrogens is 2. The molecule has 192 valence electrons. The molecule has 38 heavy (non-hydrogen) atoms. The number of aryl methyl sites for hydroxylation is 1. The van der Waals surface area contributed by atoms with E-state index in [0.717, 1.165) is 62.2 Å². The smallest absolute Gasteiger partial charge is 0.358 e. The molecular weight excluding hydrogens is 492 g/mol. The molecule has 7 heteroatoms. The molecule has 1 atom stereocenters. The van der Waals surface area contributed by atoms with Crippen LogP contribution in [0.1, 0.15) is 45.8 Å². The minimum absolute atomic E-state index is 0.0891. The number of esters is 1. The van der Waals surface area contributed by atoms with Crippen molar-refractivity contribution in [3.05, 3.63) is 110 Å². The molecule has 0 amide bonds. The van der Waals surface area contributed by atoms with Gasteiger partial charge in [-0.2, -0.15) is 0 Å². The number of hydrogen-bond acceptors (Lipinski definition) is 7. The first kappa shape index (κ1) is 25.6. The third-order valence-corrected chi connectivity index (χ3v) is 7.33. The zero-order valence-electron chi connectivity index (χ0n) is 21.5. The molecule has 2 aliphatic rings.